The van der Waals surface area contributed by atoms with Gasteiger partial charge in [0.15, 0.2) is 0 Å². The van der Waals surface area contributed by atoms with Gasteiger partial charge in [0.1, 0.15) is 5.78 Å². The molecule has 0 radical (unpaired) electrons. The van der Waals surface area contributed by atoms with Gasteiger partial charge in [0.2, 0.25) is 0 Å². The minimum Gasteiger partial charge on any atom is -0.321 e. The first kappa shape index (κ1) is 11.7. The Morgan fingerprint density at radius 3 is 2.43 bits per heavy atom. The number of nitrogens with two attached hydrogens (primary N) is 1. The van der Waals surface area contributed by atoms with Gasteiger partial charge in [-0.1, -0.05) is 39.0 Å². The number of rotatable bonds is 4. The Kier molecular flexibility index (Phi) is 4.59. The molecule has 0 bridgehead atoms. The van der Waals surface area contributed by atoms with E-state index in [4.69, 9.17) is 5.73 Å². The van der Waals surface area contributed by atoms with E-state index in [1.165, 1.54) is 32.1 Å². The molecule has 0 spiro atoms. The second kappa shape index (κ2) is 5.50. The highest BCUT2D eigenvalue weighted by molar-refractivity contribution is 5.81. The van der Waals surface area contributed by atoms with Crippen molar-refractivity contribution >= 4 is 5.78 Å². The Bertz CT molecular complexity index is 185. The molecule has 2 heteroatoms. The molecule has 0 heterocycles. The molecule has 1 aliphatic rings. The van der Waals surface area contributed by atoms with Gasteiger partial charge in [0.05, 0.1) is 6.04 Å². The molecule has 82 valence electrons. The van der Waals surface area contributed by atoms with Crippen molar-refractivity contribution in [2.75, 3.05) is 0 Å². The van der Waals surface area contributed by atoms with Crippen molar-refractivity contribution in [1.29, 1.82) is 0 Å². The summed E-state index contributed by atoms with van der Waals surface area (Å²) in [5, 5.41) is 0. The first-order chi connectivity index (χ1) is 6.61. The molecule has 0 aliphatic heterocycles. The summed E-state index contributed by atoms with van der Waals surface area (Å²) in [6.07, 6.45) is 7.95. The van der Waals surface area contributed by atoms with Gasteiger partial charge in [-0.3, -0.25) is 4.79 Å². The molecular formula is C12H23NO. The van der Waals surface area contributed by atoms with Crippen LogP contribution in [0.1, 0.15) is 52.4 Å². The highest BCUT2D eigenvalue weighted by atomic mass is 16.1. The second-order valence-corrected chi connectivity index (χ2v) is 4.85. The van der Waals surface area contributed by atoms with Crippen LogP contribution >= 0.6 is 0 Å². The zero-order valence-electron chi connectivity index (χ0n) is 9.46. The predicted molar refractivity (Wildman–Crippen MR) is 59.0 cm³/mol. The highest BCUT2D eigenvalue weighted by Crippen LogP contribution is 2.29. The lowest BCUT2D eigenvalue weighted by Gasteiger charge is -2.26. The number of hydrogen-bond donors (Lipinski definition) is 1. The van der Waals surface area contributed by atoms with Gasteiger partial charge in [0, 0.05) is 0 Å². The van der Waals surface area contributed by atoms with Crippen LogP contribution in [0, 0.1) is 11.8 Å². The molecule has 0 amide bonds. The molecule has 1 aliphatic carbocycles. The van der Waals surface area contributed by atoms with E-state index in [9.17, 15) is 4.79 Å². The lowest BCUT2D eigenvalue weighted by Crippen LogP contribution is -2.36. The Morgan fingerprint density at radius 1 is 1.36 bits per heavy atom. The average molecular weight is 197 g/mol. The first-order valence-corrected chi connectivity index (χ1v) is 5.87. The molecule has 2 nitrogen and oxygen atoms in total. The lowest BCUT2D eigenvalue weighted by atomic mass is 9.81. The van der Waals surface area contributed by atoms with E-state index in [-0.39, 0.29) is 11.8 Å². The molecule has 0 aromatic carbocycles. The molecule has 1 fully saturated rings. The molecule has 14 heavy (non-hydrogen) atoms. The fraction of sp³-hybridized carbons (Fsp3) is 0.917. The number of hydrogen-bond acceptors (Lipinski definition) is 2. The van der Waals surface area contributed by atoms with Gasteiger partial charge in [-0.25, -0.2) is 0 Å². The highest BCUT2D eigenvalue weighted by Gasteiger charge is 2.22. The van der Waals surface area contributed by atoms with Crippen molar-refractivity contribution in [3.63, 3.8) is 0 Å². The summed E-state index contributed by atoms with van der Waals surface area (Å²) >= 11 is 0. The normalized spacial score (nSPS) is 23.1. The summed E-state index contributed by atoms with van der Waals surface area (Å²) in [5.74, 6) is 1.31. The van der Waals surface area contributed by atoms with Crippen LogP contribution in [0.3, 0.4) is 0 Å². The third kappa shape index (κ3) is 3.41. The summed E-state index contributed by atoms with van der Waals surface area (Å²) in [6.45, 7) is 3.71. The molecular weight excluding hydrogens is 174 g/mol. The number of ketones is 1. The molecule has 0 aromatic heterocycles. The number of carbonyl (C=O) groups excluding carboxylic acids is 1. The summed E-state index contributed by atoms with van der Waals surface area (Å²) in [5.41, 5.74) is 5.83. The largest absolute Gasteiger partial charge is 0.321 e. The number of Topliss-reactive ketones (excluding diaryl/α,β-unsaturated/α-hetero) is 1. The Morgan fingerprint density at radius 2 is 1.93 bits per heavy atom. The fourth-order valence-corrected chi connectivity index (χ4v) is 2.50. The van der Waals surface area contributed by atoms with Crippen LogP contribution < -0.4 is 5.73 Å². The quantitative estimate of drug-likeness (QED) is 0.752. The maximum absolute atomic E-state index is 11.1. The molecule has 0 saturated heterocycles. The average Bonchev–Trinajstić information content (AvgIpc) is 2.18. The van der Waals surface area contributed by atoms with Crippen molar-refractivity contribution in [3.05, 3.63) is 0 Å². The van der Waals surface area contributed by atoms with Crippen LogP contribution in [-0.4, -0.2) is 11.8 Å². The monoisotopic (exact) mass is 197 g/mol. The molecule has 1 rings (SSSR count). The summed E-state index contributed by atoms with van der Waals surface area (Å²) in [6, 6.07) is -0.239. The van der Waals surface area contributed by atoms with Crippen molar-refractivity contribution in [3.8, 4) is 0 Å². The smallest absolute Gasteiger partial charge is 0.146 e. The van der Waals surface area contributed by atoms with Gasteiger partial charge in [-0.05, 0) is 25.2 Å². The number of carbonyl (C=O) groups is 1. The molecule has 2 atom stereocenters. The maximum Gasteiger partial charge on any atom is 0.146 e. The topological polar surface area (TPSA) is 43.1 Å². The van der Waals surface area contributed by atoms with E-state index >= 15 is 0 Å². The fourth-order valence-electron chi connectivity index (χ4n) is 2.50. The van der Waals surface area contributed by atoms with Gasteiger partial charge in [-0.15, -0.1) is 0 Å². The van der Waals surface area contributed by atoms with E-state index < -0.39 is 0 Å². The third-order valence-electron chi connectivity index (χ3n) is 3.51. The maximum atomic E-state index is 11.1. The molecule has 0 aromatic rings. The Hall–Kier alpha value is -0.370. The van der Waals surface area contributed by atoms with E-state index in [2.05, 4.69) is 6.92 Å². The zero-order chi connectivity index (χ0) is 10.6. The third-order valence-corrected chi connectivity index (χ3v) is 3.51. The van der Waals surface area contributed by atoms with Crippen molar-refractivity contribution in [2.45, 2.75) is 58.4 Å². The van der Waals surface area contributed by atoms with Crippen molar-refractivity contribution in [1.82, 2.24) is 0 Å². The predicted octanol–water partition coefficient (Wildman–Crippen LogP) is 2.51. The Labute approximate surface area is 87.2 Å². The SMILES string of the molecule is CC(=O)[C@H](N)[C@H](C)CC1CCCCC1. The van der Waals surface area contributed by atoms with Crippen molar-refractivity contribution < 1.29 is 4.79 Å². The van der Waals surface area contributed by atoms with Crippen LogP contribution in [-0.2, 0) is 4.79 Å². The minimum atomic E-state index is -0.239. The van der Waals surface area contributed by atoms with E-state index in [0.29, 0.717) is 5.92 Å². The molecule has 1 saturated carbocycles. The first-order valence-electron chi connectivity index (χ1n) is 5.87. The van der Waals surface area contributed by atoms with Gasteiger partial charge >= 0.3 is 0 Å². The van der Waals surface area contributed by atoms with Gasteiger partial charge in [0.25, 0.3) is 0 Å². The van der Waals surface area contributed by atoms with E-state index in [1.54, 1.807) is 6.92 Å². The van der Waals surface area contributed by atoms with E-state index in [1.807, 2.05) is 0 Å². The summed E-state index contributed by atoms with van der Waals surface area (Å²) < 4.78 is 0. The lowest BCUT2D eigenvalue weighted by molar-refractivity contribution is -0.119. The van der Waals surface area contributed by atoms with Crippen LogP contribution in [0.15, 0.2) is 0 Å². The van der Waals surface area contributed by atoms with Gasteiger partial charge in [-0.2, -0.15) is 0 Å². The van der Waals surface area contributed by atoms with Crippen LogP contribution in [0.4, 0.5) is 0 Å². The van der Waals surface area contributed by atoms with E-state index in [0.717, 1.165) is 12.3 Å². The summed E-state index contributed by atoms with van der Waals surface area (Å²) in [4.78, 5) is 11.1. The minimum absolute atomic E-state index is 0.133. The second-order valence-electron chi connectivity index (χ2n) is 4.85. The zero-order valence-corrected chi connectivity index (χ0v) is 9.46. The van der Waals surface area contributed by atoms with Crippen LogP contribution in [0.2, 0.25) is 0 Å². The van der Waals surface area contributed by atoms with Gasteiger partial charge < -0.3 is 5.73 Å². The molecule has 2 N–H and O–H groups in total. The van der Waals surface area contributed by atoms with Crippen LogP contribution in [0.5, 0.6) is 0 Å². The molecule has 0 unspecified atom stereocenters. The Balaban J connectivity index is 2.31. The summed E-state index contributed by atoms with van der Waals surface area (Å²) in [7, 11) is 0. The van der Waals surface area contributed by atoms with Crippen molar-refractivity contribution in [2.24, 2.45) is 17.6 Å². The standard InChI is InChI=1S/C12H23NO/c1-9(12(13)10(2)14)8-11-6-4-3-5-7-11/h9,11-12H,3-8,13H2,1-2H3/t9-,12-/m1/s1. The van der Waals surface area contributed by atoms with Crippen LogP contribution in [0.25, 0.3) is 0 Å².